The van der Waals surface area contributed by atoms with Crippen molar-refractivity contribution >= 4 is 34.5 Å². The van der Waals surface area contributed by atoms with Gasteiger partial charge in [0.05, 0.1) is 10.4 Å². The van der Waals surface area contributed by atoms with Crippen LogP contribution in [-0.2, 0) is 11.3 Å². The van der Waals surface area contributed by atoms with E-state index in [-0.39, 0.29) is 18.7 Å². The van der Waals surface area contributed by atoms with Gasteiger partial charge < -0.3 is 14.8 Å². The van der Waals surface area contributed by atoms with Gasteiger partial charge in [0.2, 0.25) is 12.7 Å². The molecule has 0 saturated carbocycles. The number of carbonyl (C=O) groups is 1. The molecule has 3 rings (SSSR count). The maximum Gasteiger partial charge on any atom is 0.241 e. The second-order valence-electron chi connectivity index (χ2n) is 5.35. The van der Waals surface area contributed by atoms with Gasteiger partial charge in [-0.3, -0.25) is 9.69 Å². The Bertz CT molecular complexity index is 719. The Morgan fingerprint density at radius 3 is 2.87 bits per heavy atom. The predicted octanol–water partition coefficient (Wildman–Crippen LogP) is 3.59. The van der Waals surface area contributed by atoms with Gasteiger partial charge in [-0.05, 0) is 38.2 Å². The maximum absolute atomic E-state index is 12.4. The van der Waals surface area contributed by atoms with Crippen LogP contribution in [0.2, 0.25) is 4.34 Å². The number of anilines is 1. The molecule has 0 spiro atoms. The first-order valence-electron chi connectivity index (χ1n) is 7.18. The van der Waals surface area contributed by atoms with Crippen LogP contribution < -0.4 is 14.8 Å². The molecule has 0 saturated heterocycles. The molecule has 1 N–H and O–H groups in total. The normalized spacial score (nSPS) is 14.1. The Balaban J connectivity index is 1.60. The molecular weight excluding hydrogens is 336 g/mol. The minimum atomic E-state index is -0.277. The summed E-state index contributed by atoms with van der Waals surface area (Å²) in [6, 6.07) is 8.93. The molecule has 0 bridgehead atoms. The number of ether oxygens (including phenoxy) is 2. The number of amides is 1. The smallest absolute Gasteiger partial charge is 0.241 e. The van der Waals surface area contributed by atoms with Crippen LogP contribution in [0.1, 0.15) is 11.8 Å². The zero-order valence-electron chi connectivity index (χ0n) is 12.8. The molecule has 122 valence electrons. The van der Waals surface area contributed by atoms with E-state index < -0.39 is 0 Å². The van der Waals surface area contributed by atoms with Crippen LogP contribution in [0.25, 0.3) is 0 Å². The molecule has 0 radical (unpaired) electrons. The number of hydrogen-bond acceptors (Lipinski definition) is 5. The molecule has 5 nitrogen and oxygen atoms in total. The largest absolute Gasteiger partial charge is 0.454 e. The molecule has 7 heteroatoms. The molecule has 1 unspecified atom stereocenters. The van der Waals surface area contributed by atoms with Gasteiger partial charge >= 0.3 is 0 Å². The van der Waals surface area contributed by atoms with Crippen molar-refractivity contribution in [3.63, 3.8) is 0 Å². The van der Waals surface area contributed by atoms with Crippen molar-refractivity contribution in [2.24, 2.45) is 0 Å². The van der Waals surface area contributed by atoms with Gasteiger partial charge in [0.1, 0.15) is 0 Å². The number of likely N-dealkylation sites (N-methyl/N-ethyl adjacent to an activating group) is 1. The van der Waals surface area contributed by atoms with E-state index in [4.69, 9.17) is 21.1 Å². The topological polar surface area (TPSA) is 50.8 Å². The predicted molar refractivity (Wildman–Crippen MR) is 91.5 cm³/mol. The van der Waals surface area contributed by atoms with Gasteiger partial charge in [-0.25, -0.2) is 0 Å². The highest BCUT2D eigenvalue weighted by atomic mass is 35.5. The highest BCUT2D eigenvalue weighted by molar-refractivity contribution is 7.16. The van der Waals surface area contributed by atoms with Gasteiger partial charge in [-0.15, -0.1) is 11.3 Å². The van der Waals surface area contributed by atoms with E-state index in [1.807, 2.05) is 31.0 Å². The first-order chi connectivity index (χ1) is 11.0. The van der Waals surface area contributed by atoms with E-state index in [0.717, 1.165) is 9.21 Å². The summed E-state index contributed by atoms with van der Waals surface area (Å²) < 4.78 is 11.3. The summed E-state index contributed by atoms with van der Waals surface area (Å²) in [7, 11) is 1.91. The van der Waals surface area contributed by atoms with Crippen LogP contribution in [0.3, 0.4) is 0 Å². The van der Waals surface area contributed by atoms with Gasteiger partial charge in [-0.2, -0.15) is 0 Å². The van der Waals surface area contributed by atoms with E-state index >= 15 is 0 Å². The first kappa shape index (κ1) is 16.1. The number of nitrogens with zero attached hydrogens (tertiary/aromatic N) is 1. The fourth-order valence-corrected chi connectivity index (χ4v) is 3.39. The summed E-state index contributed by atoms with van der Waals surface area (Å²) in [5.41, 5.74) is 0.693. The number of hydrogen-bond donors (Lipinski definition) is 1. The number of nitrogens with one attached hydrogen (secondary N) is 1. The van der Waals surface area contributed by atoms with E-state index in [9.17, 15) is 4.79 Å². The highest BCUT2D eigenvalue weighted by Gasteiger charge is 2.20. The van der Waals surface area contributed by atoms with Gasteiger partial charge in [0.15, 0.2) is 11.5 Å². The van der Waals surface area contributed by atoms with Crippen LogP contribution in [0.15, 0.2) is 30.3 Å². The second-order valence-corrected chi connectivity index (χ2v) is 7.15. The molecule has 1 aromatic carbocycles. The van der Waals surface area contributed by atoms with Gasteiger partial charge in [0.25, 0.3) is 0 Å². The molecule has 1 aliphatic heterocycles. The van der Waals surface area contributed by atoms with Crippen molar-refractivity contribution in [3.8, 4) is 11.5 Å². The number of benzene rings is 1. The summed E-state index contributed by atoms with van der Waals surface area (Å²) in [5, 5.41) is 2.90. The zero-order chi connectivity index (χ0) is 16.4. The standard InChI is InChI=1S/C16H17ClN2O3S/c1-10(19(2)8-12-4-6-15(17)23-12)16(20)18-11-3-5-13-14(7-11)22-9-21-13/h3-7,10H,8-9H2,1-2H3,(H,18,20). The number of rotatable bonds is 5. The van der Waals surface area contributed by atoms with Crippen molar-refractivity contribution in [2.75, 3.05) is 19.2 Å². The van der Waals surface area contributed by atoms with Crippen LogP contribution >= 0.6 is 22.9 Å². The molecule has 0 fully saturated rings. The highest BCUT2D eigenvalue weighted by Crippen LogP contribution is 2.34. The van der Waals surface area contributed by atoms with Crippen LogP contribution in [0.4, 0.5) is 5.69 Å². The average Bonchev–Trinajstić information content (AvgIpc) is 3.14. The summed E-state index contributed by atoms with van der Waals surface area (Å²) >= 11 is 7.46. The number of carbonyl (C=O) groups excluding carboxylic acids is 1. The van der Waals surface area contributed by atoms with E-state index in [1.54, 1.807) is 18.2 Å². The lowest BCUT2D eigenvalue weighted by molar-refractivity contribution is -0.120. The molecule has 1 amide bonds. The molecule has 2 heterocycles. The molecule has 1 aromatic heterocycles. The van der Waals surface area contributed by atoms with Crippen LogP contribution in [0, 0.1) is 0 Å². The van der Waals surface area contributed by atoms with Crippen LogP contribution in [-0.4, -0.2) is 30.7 Å². The van der Waals surface area contributed by atoms with Crippen LogP contribution in [0.5, 0.6) is 11.5 Å². The minimum Gasteiger partial charge on any atom is -0.454 e. The number of fused-ring (bicyclic) bond motifs is 1. The third-order valence-electron chi connectivity index (χ3n) is 3.71. The molecule has 1 atom stereocenters. The Labute approximate surface area is 143 Å². The lowest BCUT2D eigenvalue weighted by Gasteiger charge is -2.23. The minimum absolute atomic E-state index is 0.0750. The van der Waals surface area contributed by atoms with Crippen molar-refractivity contribution in [1.29, 1.82) is 0 Å². The van der Waals surface area contributed by atoms with Crippen molar-refractivity contribution < 1.29 is 14.3 Å². The lowest BCUT2D eigenvalue weighted by Crippen LogP contribution is -2.39. The Kier molecular flexibility index (Phi) is 4.75. The first-order valence-corrected chi connectivity index (χ1v) is 8.37. The fraction of sp³-hybridized carbons (Fsp3) is 0.312. The van der Waals surface area contributed by atoms with E-state index in [2.05, 4.69) is 5.32 Å². The van der Waals surface area contributed by atoms with Crippen molar-refractivity contribution in [3.05, 3.63) is 39.5 Å². The molecular formula is C16H17ClN2O3S. The lowest BCUT2D eigenvalue weighted by atomic mass is 10.2. The van der Waals surface area contributed by atoms with Gasteiger partial charge in [0, 0.05) is 23.2 Å². The average molecular weight is 353 g/mol. The number of halogens is 1. The number of thiophene rings is 1. The third-order valence-corrected chi connectivity index (χ3v) is 4.93. The summed E-state index contributed by atoms with van der Waals surface area (Å²) in [4.78, 5) is 15.5. The molecule has 2 aromatic rings. The fourth-order valence-electron chi connectivity index (χ4n) is 2.24. The maximum atomic E-state index is 12.4. The monoisotopic (exact) mass is 352 g/mol. The third kappa shape index (κ3) is 3.77. The quantitative estimate of drug-likeness (QED) is 0.893. The Hall–Kier alpha value is -1.76. The summed E-state index contributed by atoms with van der Waals surface area (Å²) in [5.74, 6) is 1.27. The second kappa shape index (κ2) is 6.78. The van der Waals surface area contributed by atoms with E-state index in [1.165, 1.54) is 11.3 Å². The molecule has 0 aliphatic carbocycles. The Morgan fingerprint density at radius 2 is 2.13 bits per heavy atom. The Morgan fingerprint density at radius 1 is 1.35 bits per heavy atom. The summed E-state index contributed by atoms with van der Waals surface area (Å²) in [6.07, 6.45) is 0. The van der Waals surface area contributed by atoms with Crippen molar-refractivity contribution in [2.45, 2.75) is 19.5 Å². The van der Waals surface area contributed by atoms with Gasteiger partial charge in [-0.1, -0.05) is 11.6 Å². The van der Waals surface area contributed by atoms with Crippen molar-refractivity contribution in [1.82, 2.24) is 4.90 Å². The SMILES string of the molecule is CC(C(=O)Nc1ccc2c(c1)OCO2)N(C)Cc1ccc(Cl)s1. The zero-order valence-corrected chi connectivity index (χ0v) is 14.4. The molecule has 23 heavy (non-hydrogen) atoms. The molecule has 1 aliphatic rings. The summed E-state index contributed by atoms with van der Waals surface area (Å²) in [6.45, 7) is 2.76. The van der Waals surface area contributed by atoms with E-state index in [0.29, 0.717) is 23.7 Å².